The Balaban J connectivity index is 0.000000262. The van der Waals surface area contributed by atoms with Gasteiger partial charge in [-0.2, -0.15) is 12.1 Å². The van der Waals surface area contributed by atoms with Crippen LogP contribution in [0, 0.1) is 13.8 Å². The van der Waals surface area contributed by atoms with Crippen LogP contribution in [0.1, 0.15) is 108 Å². The van der Waals surface area contributed by atoms with Crippen molar-refractivity contribution < 1.29 is 52.6 Å². The van der Waals surface area contributed by atoms with Gasteiger partial charge in [-0.05, 0) is 68.9 Å². The topological polar surface area (TPSA) is 9.23 Å². The molecule has 0 unspecified atom stereocenters. The minimum absolute atomic E-state index is 0. The molecule has 0 heterocycles. The zero-order chi connectivity index (χ0) is 39.0. The Labute approximate surface area is 360 Å². The fourth-order valence-corrected chi connectivity index (χ4v) is 7.72. The third kappa shape index (κ3) is 10.9. The van der Waals surface area contributed by atoms with E-state index in [0.717, 1.165) is 5.75 Å². The van der Waals surface area contributed by atoms with Gasteiger partial charge in [0, 0.05) is 0 Å². The molecule has 0 bridgehead atoms. The Morgan fingerprint density at radius 1 is 0.600 bits per heavy atom. The second kappa shape index (κ2) is 18.4. The Morgan fingerprint density at radius 3 is 1.44 bits per heavy atom. The molecule has 0 N–H and O–H groups in total. The minimum atomic E-state index is 0. The molecule has 1 nitrogen and oxygen atoms in total. The van der Waals surface area contributed by atoms with Crippen molar-refractivity contribution in [3.05, 3.63) is 124 Å². The molecule has 6 aromatic carbocycles. The summed E-state index contributed by atoms with van der Waals surface area (Å²) in [6, 6.07) is 32.2. The second-order valence-corrected chi connectivity index (χ2v) is 31.3. The van der Waals surface area contributed by atoms with E-state index in [1.807, 2.05) is 0 Å². The molecule has 6 aromatic rings. The molecule has 0 aromatic heterocycles. The Morgan fingerprint density at radius 2 is 1.02 bits per heavy atom. The normalized spacial score (nSPS) is 12.5. The van der Waals surface area contributed by atoms with Crippen LogP contribution in [0.25, 0.3) is 43.8 Å². The molecular formula is C50H62Cl2HfOSi-2. The van der Waals surface area contributed by atoms with Crippen molar-refractivity contribution >= 4 is 27.0 Å². The second-order valence-electron chi connectivity index (χ2n) is 18.6. The molecule has 55 heavy (non-hydrogen) atoms. The van der Waals surface area contributed by atoms with E-state index in [9.17, 15) is 0 Å². The number of fused-ring (bicyclic) bond motifs is 3. The van der Waals surface area contributed by atoms with Crippen LogP contribution in [-0.2, 0) is 52.1 Å². The summed E-state index contributed by atoms with van der Waals surface area (Å²) in [6.07, 6.45) is 3.77. The van der Waals surface area contributed by atoms with Crippen molar-refractivity contribution in [3.63, 3.8) is 0 Å². The van der Waals surface area contributed by atoms with Crippen molar-refractivity contribution in [1.82, 2.24) is 0 Å². The number of rotatable bonds is 3. The van der Waals surface area contributed by atoms with Gasteiger partial charge in [-0.25, -0.2) is 0 Å². The van der Waals surface area contributed by atoms with Gasteiger partial charge in [-0.3, -0.25) is 0 Å². The number of halogens is 2. The van der Waals surface area contributed by atoms with Crippen LogP contribution in [0.4, 0.5) is 0 Å². The van der Waals surface area contributed by atoms with Crippen molar-refractivity contribution in [2.45, 2.75) is 125 Å². The first-order valence-corrected chi connectivity index (χ1v) is 27.3. The van der Waals surface area contributed by atoms with E-state index in [2.05, 4.69) is 174 Å². The van der Waals surface area contributed by atoms with Gasteiger partial charge < -0.3 is 29.6 Å². The molecule has 0 saturated heterocycles. The summed E-state index contributed by atoms with van der Waals surface area (Å²) in [7, 11) is 1.79. The summed E-state index contributed by atoms with van der Waals surface area (Å²) >= 11 is 1.45. The van der Waals surface area contributed by atoms with Crippen LogP contribution >= 0.6 is 0 Å². The molecular weight excluding hydrogens is 894 g/mol. The Hall–Kier alpha value is -2.43. The van der Waals surface area contributed by atoms with E-state index in [0.29, 0.717) is 0 Å². The summed E-state index contributed by atoms with van der Waals surface area (Å²) < 4.78 is 5.97. The zero-order valence-electron chi connectivity index (χ0n) is 35.9. The standard InChI is InChI=1S/C25H31O.C23H25.C2H6Si.2ClH.Hf/c1-16-13-18-15-21(25(5,6)7)23(26-8)22(20(18)14-16)17-9-11-19(12-10-17)24(2,3)4;1-15-12-18-14-17-6-5-7-20(17)22(21(18)13-15)16-8-10-19(11-9-16)23(2,3)4;1-3-2;;;/h9-15H,1-8H3;8-14H,5-7H2,1-4H3;1-2H3;2*1H;/q2*-1;;;;+2/p-2. The number of aryl methyl sites for hydroxylation is 3. The first-order chi connectivity index (χ1) is 24.7. The third-order valence-electron chi connectivity index (χ3n) is 10.4. The predicted molar refractivity (Wildman–Crippen MR) is 232 cm³/mol. The van der Waals surface area contributed by atoms with Gasteiger partial charge in [0.15, 0.2) is 0 Å². The maximum absolute atomic E-state index is 5.97. The van der Waals surface area contributed by atoms with Crippen LogP contribution < -0.4 is 29.6 Å². The average molecular weight is 957 g/mol. The molecule has 0 radical (unpaired) electrons. The zero-order valence-corrected chi connectivity index (χ0v) is 42.0. The number of ether oxygens (including phenoxy) is 1. The SMILES string of the molecule is COc1c(C(C)(C)C)cc2[cH-]c(C)cc2c1-c1ccc(C(C)(C)C)cc1.C[Si](C)=[Hf+2].Cc1cc2c(-c3ccc(C(C)(C)C)cc3)c3c(cc2[cH-]1)CCC3.[Cl-].[Cl-]. The van der Waals surface area contributed by atoms with Gasteiger partial charge in [-0.15, -0.1) is 56.9 Å². The third-order valence-corrected chi connectivity index (χ3v) is 10.4. The van der Waals surface area contributed by atoms with E-state index >= 15 is 0 Å². The first-order valence-electron chi connectivity index (χ1n) is 19.4. The van der Waals surface area contributed by atoms with Crippen LogP contribution in [0.2, 0.25) is 13.1 Å². The monoisotopic (exact) mass is 956 g/mol. The summed E-state index contributed by atoms with van der Waals surface area (Å²) in [5.74, 6) is 0.999. The smallest absolute Gasteiger partial charge is 0.0132 e. The largest absolute Gasteiger partial charge is 1.00 e. The van der Waals surface area contributed by atoms with E-state index < -0.39 is 0 Å². The first kappa shape index (κ1) is 46.9. The molecule has 0 atom stereocenters. The molecule has 5 heteroatoms. The Bertz CT molecular complexity index is 2230. The van der Waals surface area contributed by atoms with Crippen molar-refractivity contribution in [2.24, 2.45) is 0 Å². The Kier molecular flexibility index (Phi) is 15.7. The number of hydrogen-bond donors (Lipinski definition) is 0. The van der Waals surface area contributed by atoms with Gasteiger partial charge in [0.05, 0.1) is 7.11 Å². The number of methoxy groups -OCH3 is 1. The van der Waals surface area contributed by atoms with Crippen LogP contribution in [0.3, 0.4) is 0 Å². The van der Waals surface area contributed by atoms with E-state index in [1.54, 1.807) is 18.2 Å². The van der Waals surface area contributed by atoms with Crippen molar-refractivity contribution in [2.75, 3.05) is 7.11 Å². The minimum Gasteiger partial charge on any atom is -1.00 e. The van der Waals surface area contributed by atoms with Crippen molar-refractivity contribution in [1.29, 1.82) is 0 Å². The molecule has 0 fully saturated rings. The van der Waals surface area contributed by atoms with Crippen LogP contribution in [0.15, 0.2) is 84.9 Å². The fourth-order valence-electron chi connectivity index (χ4n) is 7.72. The number of hydrogen-bond acceptors (Lipinski definition) is 1. The summed E-state index contributed by atoms with van der Waals surface area (Å²) in [4.78, 5) is 0. The fraction of sp³-hybridized carbons (Fsp3) is 0.400. The maximum Gasteiger partial charge on any atom is -0.0132 e. The van der Waals surface area contributed by atoms with E-state index in [1.165, 1.54) is 114 Å². The van der Waals surface area contributed by atoms with E-state index in [4.69, 9.17) is 4.74 Å². The molecule has 0 spiro atoms. The summed E-state index contributed by atoms with van der Waals surface area (Å²) in [5, 5.41) is 5.42. The summed E-state index contributed by atoms with van der Waals surface area (Å²) in [5.41, 5.74) is 15.8. The molecule has 0 aliphatic heterocycles. The van der Waals surface area contributed by atoms with Gasteiger partial charge >= 0.3 is 41.6 Å². The molecule has 292 valence electrons. The van der Waals surface area contributed by atoms with Gasteiger partial charge in [0.2, 0.25) is 0 Å². The molecule has 0 saturated carbocycles. The molecule has 1 aliphatic rings. The van der Waals surface area contributed by atoms with Crippen molar-refractivity contribution in [3.8, 4) is 28.0 Å². The number of benzene rings is 4. The van der Waals surface area contributed by atoms with Gasteiger partial charge in [0.25, 0.3) is 0 Å². The molecule has 7 rings (SSSR count). The maximum atomic E-state index is 5.97. The average Bonchev–Trinajstić information content (AvgIpc) is 3.78. The van der Waals surface area contributed by atoms with Gasteiger partial charge in [-0.1, -0.05) is 141 Å². The van der Waals surface area contributed by atoms with Crippen LogP contribution in [-0.4, -0.2) is 12.6 Å². The summed E-state index contributed by atoms with van der Waals surface area (Å²) in [6.45, 7) is 29.4. The molecule has 1 aliphatic carbocycles. The van der Waals surface area contributed by atoms with E-state index in [-0.39, 0.29) is 46.6 Å². The molecule has 0 amide bonds. The van der Waals surface area contributed by atoms with Crippen LogP contribution in [0.5, 0.6) is 5.75 Å². The quantitative estimate of drug-likeness (QED) is 0.128. The van der Waals surface area contributed by atoms with Gasteiger partial charge in [0.1, 0.15) is 5.75 Å². The predicted octanol–water partition coefficient (Wildman–Crippen LogP) is 8.25.